The van der Waals surface area contributed by atoms with E-state index < -0.39 is 0 Å². The Kier molecular flexibility index (Phi) is 7.25. The lowest BCUT2D eigenvalue weighted by molar-refractivity contribution is -0.122. The van der Waals surface area contributed by atoms with Gasteiger partial charge in [-0.15, -0.1) is 0 Å². The highest BCUT2D eigenvalue weighted by Gasteiger charge is 2.23. The second kappa shape index (κ2) is 9.42. The normalized spacial score (nSPS) is 16.4. The van der Waals surface area contributed by atoms with Gasteiger partial charge in [0.1, 0.15) is 0 Å². The Morgan fingerprint density at radius 2 is 1.72 bits per heavy atom. The molecule has 0 aliphatic carbocycles. The van der Waals surface area contributed by atoms with E-state index in [1.807, 2.05) is 18.7 Å². The van der Waals surface area contributed by atoms with E-state index >= 15 is 0 Å². The third-order valence-electron chi connectivity index (χ3n) is 4.63. The highest BCUT2D eigenvalue weighted by molar-refractivity contribution is 5.78. The summed E-state index contributed by atoms with van der Waals surface area (Å²) in [4.78, 5) is 28.0. The molecule has 0 aromatic heterocycles. The van der Waals surface area contributed by atoms with Crippen LogP contribution in [-0.2, 0) is 11.2 Å². The molecule has 2 N–H and O–H groups in total. The summed E-state index contributed by atoms with van der Waals surface area (Å²) in [6, 6.07) is 8.31. The Morgan fingerprint density at radius 3 is 2.28 bits per heavy atom. The van der Waals surface area contributed by atoms with Gasteiger partial charge in [0.05, 0.1) is 12.6 Å². The third kappa shape index (κ3) is 5.74. The minimum absolute atomic E-state index is 0.0215. The van der Waals surface area contributed by atoms with E-state index in [2.05, 4.69) is 46.7 Å². The summed E-state index contributed by atoms with van der Waals surface area (Å²) in [5.74, 6) is 0.0459. The molecule has 1 heterocycles. The third-order valence-corrected chi connectivity index (χ3v) is 4.63. The van der Waals surface area contributed by atoms with Crippen LogP contribution < -0.4 is 10.6 Å². The fourth-order valence-electron chi connectivity index (χ4n) is 2.97. The van der Waals surface area contributed by atoms with Gasteiger partial charge in [-0.1, -0.05) is 31.2 Å². The number of hydrogen-bond acceptors (Lipinski definition) is 3. The van der Waals surface area contributed by atoms with Crippen molar-refractivity contribution in [1.29, 1.82) is 0 Å². The molecule has 0 radical (unpaired) electrons. The summed E-state index contributed by atoms with van der Waals surface area (Å²) in [6.45, 7) is 9.85. The first-order valence-corrected chi connectivity index (χ1v) is 9.16. The molecule has 1 unspecified atom stereocenters. The van der Waals surface area contributed by atoms with Crippen LogP contribution in [0.1, 0.15) is 37.9 Å². The predicted molar refractivity (Wildman–Crippen MR) is 99.5 cm³/mol. The minimum Gasteiger partial charge on any atom is -0.355 e. The quantitative estimate of drug-likeness (QED) is 0.825. The lowest BCUT2D eigenvalue weighted by Crippen LogP contribution is -2.53. The van der Waals surface area contributed by atoms with Crippen LogP contribution in [0.5, 0.6) is 0 Å². The van der Waals surface area contributed by atoms with Gasteiger partial charge in [0.2, 0.25) is 5.91 Å². The fraction of sp³-hybridized carbons (Fsp3) is 0.579. The predicted octanol–water partition coefficient (Wildman–Crippen LogP) is 1.77. The van der Waals surface area contributed by atoms with Crippen LogP contribution in [-0.4, -0.2) is 61.0 Å². The summed E-state index contributed by atoms with van der Waals surface area (Å²) in [7, 11) is 0. The number of piperazine rings is 1. The van der Waals surface area contributed by atoms with Gasteiger partial charge >= 0.3 is 6.03 Å². The molecule has 1 aromatic carbocycles. The fourth-order valence-corrected chi connectivity index (χ4v) is 2.97. The standard InChI is InChI=1S/C19H30N4O2/c1-4-16-6-8-17(9-7-16)15(3)21-19(25)23-12-10-22(11-13-23)14-18(24)20-5-2/h6-9,15H,4-5,10-14H2,1-3H3,(H,20,24)(H,21,25). The first-order valence-electron chi connectivity index (χ1n) is 9.16. The van der Waals surface area contributed by atoms with Crippen LogP contribution >= 0.6 is 0 Å². The molecule has 6 nitrogen and oxygen atoms in total. The van der Waals surface area contributed by atoms with E-state index in [4.69, 9.17) is 0 Å². The molecule has 6 heteroatoms. The molecule has 1 fully saturated rings. The zero-order chi connectivity index (χ0) is 18.2. The number of rotatable bonds is 6. The van der Waals surface area contributed by atoms with E-state index in [0.29, 0.717) is 26.2 Å². The Labute approximate surface area is 150 Å². The summed E-state index contributed by atoms with van der Waals surface area (Å²) in [5, 5.41) is 5.87. The maximum absolute atomic E-state index is 12.5. The minimum atomic E-state index is -0.0373. The molecule has 3 amide bonds. The molecule has 1 saturated heterocycles. The zero-order valence-corrected chi connectivity index (χ0v) is 15.5. The van der Waals surface area contributed by atoms with Gasteiger partial charge in [-0.3, -0.25) is 9.69 Å². The number of urea groups is 1. The molecule has 1 aliphatic heterocycles. The van der Waals surface area contributed by atoms with Gasteiger partial charge in [-0.05, 0) is 31.4 Å². The van der Waals surface area contributed by atoms with Crippen molar-refractivity contribution < 1.29 is 9.59 Å². The van der Waals surface area contributed by atoms with Crippen molar-refractivity contribution in [3.8, 4) is 0 Å². The van der Waals surface area contributed by atoms with Crippen molar-refractivity contribution in [1.82, 2.24) is 20.4 Å². The van der Waals surface area contributed by atoms with Crippen LogP contribution in [0.25, 0.3) is 0 Å². The van der Waals surface area contributed by atoms with E-state index in [1.165, 1.54) is 5.56 Å². The molecule has 1 atom stereocenters. The topological polar surface area (TPSA) is 64.7 Å². The average molecular weight is 346 g/mol. The van der Waals surface area contributed by atoms with Gasteiger partial charge < -0.3 is 15.5 Å². The van der Waals surface area contributed by atoms with Crippen LogP contribution in [0, 0.1) is 0 Å². The van der Waals surface area contributed by atoms with Crippen molar-refractivity contribution in [3.63, 3.8) is 0 Å². The number of aryl methyl sites for hydroxylation is 1. The van der Waals surface area contributed by atoms with E-state index in [9.17, 15) is 9.59 Å². The molecule has 0 spiro atoms. The number of hydrogen-bond donors (Lipinski definition) is 2. The average Bonchev–Trinajstić information content (AvgIpc) is 2.62. The van der Waals surface area contributed by atoms with Gasteiger partial charge in [0.25, 0.3) is 0 Å². The molecule has 1 aliphatic rings. The van der Waals surface area contributed by atoms with Crippen LogP contribution in [0.4, 0.5) is 4.79 Å². The molecule has 1 aromatic rings. The van der Waals surface area contributed by atoms with Crippen molar-refractivity contribution >= 4 is 11.9 Å². The molecule has 0 saturated carbocycles. The molecule has 0 bridgehead atoms. The van der Waals surface area contributed by atoms with Crippen LogP contribution in [0.15, 0.2) is 24.3 Å². The summed E-state index contributed by atoms with van der Waals surface area (Å²) in [6.07, 6.45) is 1.02. The second-order valence-corrected chi connectivity index (χ2v) is 6.48. The largest absolute Gasteiger partial charge is 0.355 e. The van der Waals surface area contributed by atoms with E-state index in [-0.39, 0.29) is 18.0 Å². The van der Waals surface area contributed by atoms with Gasteiger partial charge in [0, 0.05) is 32.7 Å². The van der Waals surface area contributed by atoms with Crippen molar-refractivity contribution in [2.45, 2.75) is 33.2 Å². The summed E-state index contributed by atoms with van der Waals surface area (Å²) in [5.41, 5.74) is 2.41. The molecule has 138 valence electrons. The smallest absolute Gasteiger partial charge is 0.317 e. The Balaban J connectivity index is 1.78. The van der Waals surface area contributed by atoms with Crippen LogP contribution in [0.2, 0.25) is 0 Å². The molecule has 2 rings (SSSR count). The Morgan fingerprint density at radius 1 is 1.08 bits per heavy atom. The second-order valence-electron chi connectivity index (χ2n) is 6.48. The van der Waals surface area contributed by atoms with Crippen molar-refractivity contribution in [2.24, 2.45) is 0 Å². The van der Waals surface area contributed by atoms with E-state index in [0.717, 1.165) is 25.1 Å². The van der Waals surface area contributed by atoms with Gasteiger partial charge in [0.15, 0.2) is 0 Å². The number of benzene rings is 1. The number of carbonyl (C=O) groups is 2. The van der Waals surface area contributed by atoms with Gasteiger partial charge in [-0.25, -0.2) is 4.79 Å². The van der Waals surface area contributed by atoms with E-state index in [1.54, 1.807) is 0 Å². The summed E-state index contributed by atoms with van der Waals surface area (Å²) >= 11 is 0. The highest BCUT2D eigenvalue weighted by atomic mass is 16.2. The monoisotopic (exact) mass is 346 g/mol. The Bertz CT molecular complexity index is 565. The van der Waals surface area contributed by atoms with Crippen molar-refractivity contribution in [3.05, 3.63) is 35.4 Å². The number of amides is 3. The number of nitrogens with one attached hydrogen (secondary N) is 2. The lowest BCUT2D eigenvalue weighted by atomic mass is 10.1. The maximum atomic E-state index is 12.5. The van der Waals surface area contributed by atoms with Crippen LogP contribution in [0.3, 0.4) is 0 Å². The highest BCUT2D eigenvalue weighted by Crippen LogP contribution is 2.14. The van der Waals surface area contributed by atoms with Crippen molar-refractivity contribution in [2.75, 3.05) is 39.3 Å². The number of likely N-dealkylation sites (N-methyl/N-ethyl adjacent to an activating group) is 1. The molecular formula is C19H30N4O2. The molecule has 25 heavy (non-hydrogen) atoms. The Hall–Kier alpha value is -2.08. The first-order chi connectivity index (χ1) is 12.0. The molecular weight excluding hydrogens is 316 g/mol. The lowest BCUT2D eigenvalue weighted by Gasteiger charge is -2.34. The summed E-state index contributed by atoms with van der Waals surface area (Å²) < 4.78 is 0. The number of carbonyl (C=O) groups excluding carboxylic acids is 2. The zero-order valence-electron chi connectivity index (χ0n) is 15.5. The first kappa shape index (κ1) is 19.2. The maximum Gasteiger partial charge on any atom is 0.317 e. The van der Waals surface area contributed by atoms with Gasteiger partial charge in [-0.2, -0.15) is 0 Å². The SMILES string of the molecule is CCNC(=O)CN1CCN(C(=O)NC(C)c2ccc(CC)cc2)CC1. The number of nitrogens with zero attached hydrogens (tertiary/aromatic N) is 2.